The van der Waals surface area contributed by atoms with Crippen molar-refractivity contribution in [2.45, 2.75) is 33.2 Å². The zero-order valence-electron chi connectivity index (χ0n) is 16.5. The van der Waals surface area contributed by atoms with Crippen molar-refractivity contribution >= 4 is 11.9 Å². The van der Waals surface area contributed by atoms with E-state index >= 15 is 0 Å². The van der Waals surface area contributed by atoms with E-state index in [4.69, 9.17) is 14.6 Å². The first-order valence-electron chi connectivity index (χ1n) is 9.38. The molecule has 0 spiro atoms. The van der Waals surface area contributed by atoms with Crippen LogP contribution in [0.2, 0.25) is 0 Å². The molecule has 1 aromatic carbocycles. The first-order valence-corrected chi connectivity index (χ1v) is 9.38. The lowest BCUT2D eigenvalue weighted by molar-refractivity contribution is -0.142. The van der Waals surface area contributed by atoms with Gasteiger partial charge < -0.3 is 19.9 Å². The van der Waals surface area contributed by atoms with Gasteiger partial charge in [-0.3, -0.25) is 14.5 Å². The molecular formula is C20H30N2O5. The summed E-state index contributed by atoms with van der Waals surface area (Å²) < 4.78 is 11.4. The fourth-order valence-electron chi connectivity index (χ4n) is 3.08. The largest absolute Gasteiger partial charge is 0.490 e. The summed E-state index contributed by atoms with van der Waals surface area (Å²) in [6, 6.07) is 5.61. The van der Waals surface area contributed by atoms with Crippen LogP contribution in [0.15, 0.2) is 18.2 Å². The number of amides is 1. The summed E-state index contributed by atoms with van der Waals surface area (Å²) in [4.78, 5) is 25.2. The Balaban J connectivity index is 2.04. The third-order valence-electron chi connectivity index (χ3n) is 4.53. The van der Waals surface area contributed by atoms with Crippen LogP contribution in [0.4, 0.5) is 0 Å². The van der Waals surface area contributed by atoms with Crippen molar-refractivity contribution in [2.24, 2.45) is 11.8 Å². The van der Waals surface area contributed by atoms with Crippen LogP contribution < -0.4 is 14.8 Å². The number of likely N-dealkylation sites (N-methyl/N-ethyl adjacent to an activating group) is 1. The summed E-state index contributed by atoms with van der Waals surface area (Å²) in [5.41, 5.74) is 0.962. The molecule has 0 saturated carbocycles. The third-order valence-corrected chi connectivity index (χ3v) is 4.53. The van der Waals surface area contributed by atoms with Gasteiger partial charge >= 0.3 is 5.97 Å². The van der Waals surface area contributed by atoms with Gasteiger partial charge in [-0.25, -0.2) is 0 Å². The SMILES string of the molecule is CC(CN(C)CC(=O)NC(c1ccc2c(c1)OCCCO2)C(C)C)C(=O)O. The Morgan fingerprint density at radius 3 is 2.48 bits per heavy atom. The highest BCUT2D eigenvalue weighted by molar-refractivity contribution is 5.78. The Bertz CT molecular complexity index is 662. The van der Waals surface area contributed by atoms with E-state index in [2.05, 4.69) is 5.32 Å². The maximum absolute atomic E-state index is 12.5. The molecular weight excluding hydrogens is 348 g/mol. The average molecular weight is 378 g/mol. The standard InChI is InChI=1S/C20H30N2O5/c1-13(2)19(21-18(23)12-22(4)11-14(3)20(24)25)15-6-7-16-17(10-15)27-9-5-8-26-16/h6-7,10,13-14,19H,5,8-9,11-12H2,1-4H3,(H,21,23)(H,24,25). The molecule has 2 rings (SSSR count). The molecule has 1 heterocycles. The van der Waals surface area contributed by atoms with Crippen LogP contribution in [0, 0.1) is 11.8 Å². The number of carbonyl (C=O) groups is 2. The molecule has 2 atom stereocenters. The molecule has 2 N–H and O–H groups in total. The van der Waals surface area contributed by atoms with Crippen LogP contribution in [0.25, 0.3) is 0 Å². The van der Waals surface area contributed by atoms with E-state index in [-0.39, 0.29) is 24.4 Å². The number of carboxylic acids is 1. The van der Waals surface area contributed by atoms with Gasteiger partial charge in [-0.05, 0) is 30.7 Å². The van der Waals surface area contributed by atoms with Gasteiger partial charge in [0.2, 0.25) is 5.91 Å². The van der Waals surface area contributed by atoms with E-state index in [9.17, 15) is 9.59 Å². The van der Waals surface area contributed by atoms with E-state index in [0.29, 0.717) is 25.5 Å². The van der Waals surface area contributed by atoms with E-state index in [0.717, 1.165) is 17.7 Å². The molecule has 1 aliphatic rings. The molecule has 0 bridgehead atoms. The smallest absolute Gasteiger partial charge is 0.307 e. The summed E-state index contributed by atoms with van der Waals surface area (Å²) in [7, 11) is 1.75. The number of fused-ring (bicyclic) bond motifs is 1. The lowest BCUT2D eigenvalue weighted by atomic mass is 9.95. The van der Waals surface area contributed by atoms with E-state index in [1.165, 1.54) is 0 Å². The van der Waals surface area contributed by atoms with Crippen molar-refractivity contribution in [3.8, 4) is 11.5 Å². The first kappa shape index (κ1) is 21.0. The van der Waals surface area contributed by atoms with Crippen molar-refractivity contribution < 1.29 is 24.2 Å². The molecule has 27 heavy (non-hydrogen) atoms. The van der Waals surface area contributed by atoms with Crippen molar-refractivity contribution in [1.82, 2.24) is 10.2 Å². The van der Waals surface area contributed by atoms with Crippen LogP contribution in [0.1, 0.15) is 38.8 Å². The minimum Gasteiger partial charge on any atom is -0.490 e. The number of rotatable bonds is 8. The predicted octanol–water partition coefficient (Wildman–Crippen LogP) is 2.31. The molecule has 7 heteroatoms. The van der Waals surface area contributed by atoms with Crippen LogP contribution in [-0.4, -0.2) is 55.2 Å². The fourth-order valence-corrected chi connectivity index (χ4v) is 3.08. The number of nitrogens with one attached hydrogen (secondary N) is 1. The highest BCUT2D eigenvalue weighted by Crippen LogP contribution is 2.34. The lowest BCUT2D eigenvalue weighted by Crippen LogP contribution is -2.40. The number of hydrogen-bond acceptors (Lipinski definition) is 5. The fraction of sp³-hybridized carbons (Fsp3) is 0.600. The van der Waals surface area contributed by atoms with Gasteiger partial charge in [-0.2, -0.15) is 0 Å². The molecule has 1 amide bonds. The average Bonchev–Trinajstić information content (AvgIpc) is 2.83. The number of ether oxygens (including phenoxy) is 2. The molecule has 0 fully saturated rings. The van der Waals surface area contributed by atoms with Crippen LogP contribution in [0.5, 0.6) is 11.5 Å². The van der Waals surface area contributed by atoms with Crippen molar-refractivity contribution in [2.75, 3.05) is 33.4 Å². The van der Waals surface area contributed by atoms with Crippen LogP contribution in [0.3, 0.4) is 0 Å². The van der Waals surface area contributed by atoms with Gasteiger partial charge in [-0.1, -0.05) is 26.8 Å². The van der Waals surface area contributed by atoms with Gasteiger partial charge in [0.05, 0.1) is 31.7 Å². The van der Waals surface area contributed by atoms with Gasteiger partial charge in [0.15, 0.2) is 11.5 Å². The third kappa shape index (κ3) is 6.13. The monoisotopic (exact) mass is 378 g/mol. The Morgan fingerprint density at radius 1 is 1.19 bits per heavy atom. The van der Waals surface area contributed by atoms with Gasteiger partial charge in [-0.15, -0.1) is 0 Å². The molecule has 0 aromatic heterocycles. The maximum atomic E-state index is 12.5. The van der Waals surface area contributed by atoms with Gasteiger partial charge in [0.25, 0.3) is 0 Å². The zero-order chi connectivity index (χ0) is 20.0. The lowest BCUT2D eigenvalue weighted by Gasteiger charge is -2.25. The van der Waals surface area contributed by atoms with Gasteiger partial charge in [0, 0.05) is 13.0 Å². The molecule has 1 aliphatic heterocycles. The number of nitrogens with zero attached hydrogens (tertiary/aromatic N) is 1. The highest BCUT2D eigenvalue weighted by atomic mass is 16.5. The number of carboxylic acid groups (broad SMARTS) is 1. The second-order valence-electron chi connectivity index (χ2n) is 7.48. The number of carbonyl (C=O) groups excluding carboxylic acids is 1. The molecule has 0 saturated heterocycles. The quantitative estimate of drug-likeness (QED) is 0.722. The number of aliphatic carboxylic acids is 1. The van der Waals surface area contributed by atoms with Crippen LogP contribution in [-0.2, 0) is 9.59 Å². The van der Waals surface area contributed by atoms with Crippen molar-refractivity contribution in [3.05, 3.63) is 23.8 Å². The Morgan fingerprint density at radius 2 is 1.85 bits per heavy atom. The predicted molar refractivity (Wildman–Crippen MR) is 102 cm³/mol. The molecule has 150 valence electrons. The molecule has 2 unspecified atom stereocenters. The van der Waals surface area contributed by atoms with Crippen molar-refractivity contribution in [3.63, 3.8) is 0 Å². The molecule has 1 aromatic rings. The summed E-state index contributed by atoms with van der Waals surface area (Å²) in [6.45, 7) is 7.43. The number of hydrogen-bond donors (Lipinski definition) is 2. The highest BCUT2D eigenvalue weighted by Gasteiger charge is 2.22. The van der Waals surface area contributed by atoms with E-state index in [1.807, 2.05) is 32.0 Å². The normalized spacial score (nSPS) is 15.9. The summed E-state index contributed by atoms with van der Waals surface area (Å²) in [5, 5.41) is 12.1. The summed E-state index contributed by atoms with van der Waals surface area (Å²) in [5.74, 6) is 0.0903. The Labute approximate surface area is 160 Å². The first-order chi connectivity index (χ1) is 12.8. The second kappa shape index (κ2) is 9.60. The molecule has 0 aliphatic carbocycles. The molecule has 0 radical (unpaired) electrons. The number of benzene rings is 1. The van der Waals surface area contributed by atoms with Crippen LogP contribution >= 0.6 is 0 Å². The zero-order valence-corrected chi connectivity index (χ0v) is 16.5. The van der Waals surface area contributed by atoms with Gasteiger partial charge in [0.1, 0.15) is 0 Å². The molecule has 7 nitrogen and oxygen atoms in total. The van der Waals surface area contributed by atoms with Crippen molar-refractivity contribution in [1.29, 1.82) is 0 Å². The summed E-state index contributed by atoms with van der Waals surface area (Å²) >= 11 is 0. The Hall–Kier alpha value is -2.28. The second-order valence-corrected chi connectivity index (χ2v) is 7.48. The van der Waals surface area contributed by atoms with E-state index < -0.39 is 11.9 Å². The summed E-state index contributed by atoms with van der Waals surface area (Å²) in [6.07, 6.45) is 0.843. The maximum Gasteiger partial charge on any atom is 0.307 e. The topological polar surface area (TPSA) is 88.1 Å². The minimum atomic E-state index is -0.866. The Kier molecular flexibility index (Phi) is 7.47. The minimum absolute atomic E-state index is 0.138. The van der Waals surface area contributed by atoms with E-state index in [1.54, 1.807) is 18.9 Å².